The molecular weight excluding hydrogens is 473 g/mol. The second-order valence-electron chi connectivity index (χ2n) is 9.24. The smallest absolute Gasteiger partial charge is 0.269 e. The third-order valence-electron chi connectivity index (χ3n) is 6.86. The number of benzene rings is 3. The summed E-state index contributed by atoms with van der Waals surface area (Å²) in [6, 6.07) is 21.2. The fourth-order valence-corrected chi connectivity index (χ4v) is 5.18. The zero-order chi connectivity index (χ0) is 26.1. The molecule has 1 aliphatic carbocycles. The first kappa shape index (κ1) is 24.1. The van der Waals surface area contributed by atoms with Gasteiger partial charge in [-0.1, -0.05) is 42.5 Å². The van der Waals surface area contributed by atoms with Gasteiger partial charge in [0.05, 0.1) is 4.92 Å². The number of dihydropyridines is 1. The first-order valence-electron chi connectivity index (χ1n) is 11.9. The number of non-ortho nitro benzene ring substituents is 1. The Hall–Kier alpha value is -4.59. The minimum atomic E-state index is -0.791. The first-order valence-corrected chi connectivity index (χ1v) is 11.9. The van der Waals surface area contributed by atoms with E-state index in [9.17, 15) is 24.1 Å². The van der Waals surface area contributed by atoms with Crippen molar-refractivity contribution in [1.29, 1.82) is 0 Å². The molecule has 5 rings (SSSR count). The number of allylic oxidation sites excluding steroid dienone is 3. The SMILES string of the molecule is CC1=C(C(=O)Nc2ccc(F)cc2)[C@H](c2cccc([N+](=O)[O-])c2)C2=C(C[C@H](c3ccccc3)CC2=O)N1. The molecule has 2 aliphatic rings. The maximum atomic E-state index is 13.7. The molecule has 7 nitrogen and oxygen atoms in total. The molecule has 1 heterocycles. The Balaban J connectivity index is 1.59. The highest BCUT2D eigenvalue weighted by molar-refractivity contribution is 6.10. The minimum absolute atomic E-state index is 0.0203. The van der Waals surface area contributed by atoms with E-state index in [2.05, 4.69) is 10.6 Å². The number of hydrogen-bond acceptors (Lipinski definition) is 5. The minimum Gasteiger partial charge on any atom is -0.362 e. The van der Waals surface area contributed by atoms with E-state index in [1.54, 1.807) is 19.1 Å². The predicted octanol–water partition coefficient (Wildman–Crippen LogP) is 5.73. The quantitative estimate of drug-likeness (QED) is 0.346. The summed E-state index contributed by atoms with van der Waals surface area (Å²) in [5.74, 6) is -1.83. The van der Waals surface area contributed by atoms with Gasteiger partial charge in [0.15, 0.2) is 5.78 Å². The molecule has 0 saturated heterocycles. The Bertz CT molecular complexity index is 1460. The highest BCUT2D eigenvalue weighted by Crippen LogP contribution is 2.46. The lowest BCUT2D eigenvalue weighted by Gasteiger charge is -2.37. The lowest BCUT2D eigenvalue weighted by Crippen LogP contribution is -2.37. The molecule has 3 aromatic rings. The third kappa shape index (κ3) is 4.78. The normalized spacial score (nSPS) is 19.2. The first-order chi connectivity index (χ1) is 17.8. The molecule has 37 heavy (non-hydrogen) atoms. The van der Waals surface area contributed by atoms with Crippen LogP contribution in [-0.4, -0.2) is 16.6 Å². The van der Waals surface area contributed by atoms with Crippen molar-refractivity contribution in [1.82, 2.24) is 5.32 Å². The lowest BCUT2D eigenvalue weighted by atomic mass is 9.71. The molecule has 0 bridgehead atoms. The Morgan fingerprint density at radius 3 is 2.41 bits per heavy atom. The van der Waals surface area contributed by atoms with Crippen molar-refractivity contribution in [2.75, 3.05) is 5.32 Å². The van der Waals surface area contributed by atoms with Gasteiger partial charge in [-0.15, -0.1) is 0 Å². The number of halogens is 1. The highest BCUT2D eigenvalue weighted by Gasteiger charge is 2.41. The van der Waals surface area contributed by atoms with Crippen LogP contribution in [0.4, 0.5) is 15.8 Å². The van der Waals surface area contributed by atoms with Crippen LogP contribution in [0.15, 0.2) is 101 Å². The van der Waals surface area contributed by atoms with Crippen molar-refractivity contribution in [3.8, 4) is 0 Å². The van der Waals surface area contributed by atoms with Crippen molar-refractivity contribution in [3.05, 3.63) is 128 Å². The van der Waals surface area contributed by atoms with Gasteiger partial charge in [-0.2, -0.15) is 0 Å². The number of carbonyl (C=O) groups is 2. The van der Waals surface area contributed by atoms with Crippen molar-refractivity contribution in [2.45, 2.75) is 31.6 Å². The lowest BCUT2D eigenvalue weighted by molar-refractivity contribution is -0.384. The Kier molecular flexibility index (Phi) is 6.40. The molecule has 0 unspecified atom stereocenters. The molecule has 2 atom stereocenters. The molecule has 0 spiro atoms. The average Bonchev–Trinajstić information content (AvgIpc) is 2.89. The summed E-state index contributed by atoms with van der Waals surface area (Å²) >= 11 is 0. The summed E-state index contributed by atoms with van der Waals surface area (Å²) in [7, 11) is 0. The number of amides is 1. The second-order valence-corrected chi connectivity index (χ2v) is 9.24. The molecule has 0 saturated carbocycles. The molecule has 0 fully saturated rings. The van der Waals surface area contributed by atoms with Gasteiger partial charge in [-0.25, -0.2) is 4.39 Å². The van der Waals surface area contributed by atoms with Gasteiger partial charge in [-0.05, 0) is 54.7 Å². The van der Waals surface area contributed by atoms with Gasteiger partial charge in [0.2, 0.25) is 0 Å². The molecule has 0 aromatic heterocycles. The van der Waals surface area contributed by atoms with Crippen LogP contribution in [-0.2, 0) is 9.59 Å². The van der Waals surface area contributed by atoms with E-state index in [4.69, 9.17) is 0 Å². The number of rotatable bonds is 5. The van der Waals surface area contributed by atoms with Crippen LogP contribution in [0.5, 0.6) is 0 Å². The van der Waals surface area contributed by atoms with Crippen LogP contribution in [0.3, 0.4) is 0 Å². The van der Waals surface area contributed by atoms with Gasteiger partial charge in [0.1, 0.15) is 5.82 Å². The largest absolute Gasteiger partial charge is 0.362 e. The summed E-state index contributed by atoms with van der Waals surface area (Å²) in [6.07, 6.45) is 0.836. The molecule has 0 radical (unpaired) electrons. The van der Waals surface area contributed by atoms with Gasteiger partial charge in [0.25, 0.3) is 11.6 Å². The average molecular weight is 498 g/mol. The summed E-state index contributed by atoms with van der Waals surface area (Å²) < 4.78 is 13.4. The summed E-state index contributed by atoms with van der Waals surface area (Å²) in [4.78, 5) is 38.2. The Labute approximate surface area is 212 Å². The fourth-order valence-electron chi connectivity index (χ4n) is 5.18. The monoisotopic (exact) mass is 497 g/mol. The number of nitrogens with one attached hydrogen (secondary N) is 2. The Morgan fingerprint density at radius 1 is 1.00 bits per heavy atom. The summed E-state index contributed by atoms with van der Waals surface area (Å²) in [6.45, 7) is 1.75. The number of anilines is 1. The summed E-state index contributed by atoms with van der Waals surface area (Å²) in [5, 5.41) is 17.6. The fraction of sp³-hybridized carbons (Fsp3) is 0.172. The second kappa shape index (κ2) is 9.81. The third-order valence-corrected chi connectivity index (χ3v) is 6.86. The van der Waals surface area contributed by atoms with E-state index in [-0.39, 0.29) is 29.4 Å². The number of hydrogen-bond donors (Lipinski definition) is 2. The number of ketones is 1. The van der Waals surface area contributed by atoms with Crippen molar-refractivity contribution < 1.29 is 18.9 Å². The van der Waals surface area contributed by atoms with E-state index in [1.807, 2.05) is 30.3 Å². The molecule has 186 valence electrons. The van der Waals surface area contributed by atoms with Crippen LogP contribution < -0.4 is 10.6 Å². The highest BCUT2D eigenvalue weighted by atomic mass is 19.1. The van der Waals surface area contributed by atoms with Crippen LogP contribution in [0.25, 0.3) is 0 Å². The van der Waals surface area contributed by atoms with Gasteiger partial charge in [0, 0.05) is 52.7 Å². The zero-order valence-corrected chi connectivity index (χ0v) is 20.0. The maximum Gasteiger partial charge on any atom is 0.269 e. The van der Waals surface area contributed by atoms with E-state index >= 15 is 0 Å². The van der Waals surface area contributed by atoms with Crippen molar-refractivity contribution >= 4 is 23.1 Å². The number of carbonyl (C=O) groups excluding carboxylic acids is 2. The van der Waals surface area contributed by atoms with E-state index < -0.39 is 22.6 Å². The number of Topliss-reactive ketones (excluding diaryl/α,β-unsaturated/α-hetero) is 1. The van der Waals surface area contributed by atoms with Crippen molar-refractivity contribution in [3.63, 3.8) is 0 Å². The van der Waals surface area contributed by atoms with Crippen LogP contribution >= 0.6 is 0 Å². The Morgan fingerprint density at radius 2 is 1.70 bits per heavy atom. The number of nitro benzene ring substituents is 1. The predicted molar refractivity (Wildman–Crippen MR) is 137 cm³/mol. The molecule has 8 heteroatoms. The van der Waals surface area contributed by atoms with Crippen LogP contribution in [0, 0.1) is 15.9 Å². The molecule has 3 aromatic carbocycles. The molecule has 2 N–H and O–H groups in total. The van der Waals surface area contributed by atoms with E-state index in [0.29, 0.717) is 28.9 Å². The van der Waals surface area contributed by atoms with Crippen LogP contribution in [0.1, 0.15) is 42.7 Å². The topological polar surface area (TPSA) is 101 Å². The van der Waals surface area contributed by atoms with E-state index in [1.165, 1.54) is 36.4 Å². The summed E-state index contributed by atoms with van der Waals surface area (Å²) in [5.41, 5.74) is 3.81. The standard InChI is InChI=1S/C29H24FN3O4/c1-17-26(29(35)32-22-12-10-21(30)11-13-22)27(19-8-5-9-23(14-19)33(36)37)28-24(31-17)15-20(16-25(28)34)18-6-3-2-4-7-18/h2-14,20,27,31H,15-16H2,1H3,(H,32,35)/t20-,27-/m0/s1. The zero-order valence-electron chi connectivity index (χ0n) is 20.0. The van der Waals surface area contributed by atoms with E-state index in [0.717, 1.165) is 11.3 Å². The number of nitrogens with zero attached hydrogens (tertiary/aromatic N) is 1. The maximum absolute atomic E-state index is 13.7. The van der Waals surface area contributed by atoms with Crippen LogP contribution in [0.2, 0.25) is 0 Å². The molecule has 1 aliphatic heterocycles. The number of nitro groups is 1. The molecule has 1 amide bonds. The van der Waals surface area contributed by atoms with Gasteiger partial charge >= 0.3 is 0 Å². The van der Waals surface area contributed by atoms with Crippen molar-refractivity contribution in [2.24, 2.45) is 0 Å². The van der Waals surface area contributed by atoms with Gasteiger partial charge < -0.3 is 10.6 Å². The molecular formula is C29H24FN3O4. The van der Waals surface area contributed by atoms with Gasteiger partial charge in [-0.3, -0.25) is 19.7 Å².